The van der Waals surface area contributed by atoms with Crippen LogP contribution in [0.1, 0.15) is 11.1 Å². The molecule has 0 fully saturated rings. The van der Waals surface area contributed by atoms with Crippen molar-refractivity contribution in [3.8, 4) is 0 Å². The fourth-order valence-corrected chi connectivity index (χ4v) is 2.39. The van der Waals surface area contributed by atoms with Gasteiger partial charge in [0.05, 0.1) is 5.41 Å². The largest absolute Gasteiger partial charge is 0.477 e. The van der Waals surface area contributed by atoms with Crippen LogP contribution in [0.2, 0.25) is 0 Å². The maximum absolute atomic E-state index is 10.7. The van der Waals surface area contributed by atoms with E-state index < -0.39 is 5.97 Å². The van der Waals surface area contributed by atoms with Crippen molar-refractivity contribution in [2.24, 2.45) is 0 Å². The summed E-state index contributed by atoms with van der Waals surface area (Å²) in [6, 6.07) is 0. The molecule has 0 saturated heterocycles. The maximum Gasteiger partial charge on any atom is 0.353 e. The minimum atomic E-state index is -0.977. The van der Waals surface area contributed by atoms with Crippen molar-refractivity contribution < 1.29 is 9.90 Å². The zero-order valence-electron chi connectivity index (χ0n) is 6.18. The van der Waals surface area contributed by atoms with Crippen LogP contribution in [0.3, 0.4) is 0 Å². The molecule has 1 aromatic heterocycles. The fourth-order valence-electron chi connectivity index (χ4n) is 1.39. The van der Waals surface area contributed by atoms with Gasteiger partial charge in [-0.05, 0) is 0 Å². The van der Waals surface area contributed by atoms with E-state index in [4.69, 9.17) is 5.11 Å². The normalized spacial score (nSPS) is 23.2. The van der Waals surface area contributed by atoms with E-state index in [1.807, 2.05) is 0 Å². The Balaban J connectivity index is 2.06. The van der Waals surface area contributed by atoms with Gasteiger partial charge in [-0.25, -0.2) is 9.89 Å². The summed E-state index contributed by atoms with van der Waals surface area (Å²) in [7, 11) is 0. The highest BCUT2D eigenvalue weighted by Gasteiger charge is 2.46. The second-order valence-corrected chi connectivity index (χ2v) is 3.53. The number of H-pyrrole nitrogens is 1. The van der Waals surface area contributed by atoms with E-state index in [1.54, 1.807) is 4.90 Å². The molecule has 1 aromatic rings. The van der Waals surface area contributed by atoms with Gasteiger partial charge in [-0.2, -0.15) is 0 Å². The molecule has 0 saturated carbocycles. The summed E-state index contributed by atoms with van der Waals surface area (Å²) in [4.78, 5) is 12.3. The fraction of sp³-hybridized carbons (Fsp3) is 0.167. The van der Waals surface area contributed by atoms with Crippen LogP contribution in [0.25, 0.3) is 0 Å². The number of nitrogens with one attached hydrogen (secondary N) is 1. The Hall–Kier alpha value is -1.50. The van der Waals surface area contributed by atoms with Crippen molar-refractivity contribution in [2.75, 3.05) is 4.90 Å². The van der Waals surface area contributed by atoms with Crippen LogP contribution in [0, 0.1) is 5.41 Å². The van der Waals surface area contributed by atoms with Crippen LogP contribution in [-0.2, 0) is 4.79 Å². The number of thioether (sulfide) groups is 1. The van der Waals surface area contributed by atoms with Crippen molar-refractivity contribution in [3.05, 3.63) is 16.8 Å². The summed E-state index contributed by atoms with van der Waals surface area (Å²) in [5.74, 6) is -0.310. The minimum Gasteiger partial charge on any atom is -0.477 e. The van der Waals surface area contributed by atoms with E-state index in [2.05, 4.69) is 20.8 Å². The molecule has 1 unspecified atom stereocenters. The molecule has 7 heteroatoms. The zero-order valence-corrected chi connectivity index (χ0v) is 7.00. The van der Waals surface area contributed by atoms with Gasteiger partial charge in [0.25, 0.3) is 0 Å². The third-order valence-electron chi connectivity index (χ3n) is 1.98. The van der Waals surface area contributed by atoms with Gasteiger partial charge < -0.3 is 5.11 Å². The van der Waals surface area contributed by atoms with Crippen molar-refractivity contribution in [1.82, 2.24) is 15.4 Å². The molecule has 2 N–H and O–H groups in total. The number of nitrogens with zero attached hydrogens (tertiary/aromatic N) is 3. The standard InChI is InChI=1S/C6H3N4O2S/c11-6(12)2-1-13-5-3-4(10(2)5)8-9-7-3/h5H,(H,11,12)(H,7,8,9). The number of aromatic amines is 1. The van der Waals surface area contributed by atoms with Crippen molar-refractivity contribution in [3.63, 3.8) is 0 Å². The van der Waals surface area contributed by atoms with E-state index in [9.17, 15) is 4.79 Å². The highest BCUT2D eigenvalue weighted by molar-refractivity contribution is 8.01. The first-order chi connectivity index (χ1) is 6.29. The molecular weight excluding hydrogens is 192 g/mol. The van der Waals surface area contributed by atoms with Crippen LogP contribution in [0.15, 0.2) is 5.70 Å². The molecule has 3 rings (SSSR count). The van der Waals surface area contributed by atoms with Gasteiger partial charge in [0.15, 0.2) is 5.82 Å². The zero-order chi connectivity index (χ0) is 9.00. The lowest BCUT2D eigenvalue weighted by molar-refractivity contribution is -0.132. The summed E-state index contributed by atoms with van der Waals surface area (Å²) in [5, 5.41) is 21.5. The Labute approximate surface area is 76.6 Å². The molecule has 2 aliphatic heterocycles. The molecule has 1 radical (unpaired) electrons. The maximum atomic E-state index is 10.7. The second-order valence-electron chi connectivity index (χ2n) is 2.64. The lowest BCUT2D eigenvalue weighted by atomic mass is 10.2. The van der Waals surface area contributed by atoms with Gasteiger partial charge in [0.2, 0.25) is 0 Å². The highest BCUT2D eigenvalue weighted by atomic mass is 32.2. The molecule has 13 heavy (non-hydrogen) atoms. The summed E-state index contributed by atoms with van der Waals surface area (Å²) < 4.78 is 0. The van der Waals surface area contributed by atoms with Crippen LogP contribution in [0.4, 0.5) is 5.82 Å². The second kappa shape index (κ2) is 2.05. The molecule has 65 valence electrons. The average Bonchev–Trinajstić information content (AvgIpc) is 2.58. The molecule has 0 aliphatic carbocycles. The van der Waals surface area contributed by atoms with Gasteiger partial charge in [0, 0.05) is 0 Å². The third-order valence-corrected chi connectivity index (χ3v) is 2.94. The number of rotatable bonds is 1. The Morgan fingerprint density at radius 2 is 2.62 bits per heavy atom. The molecule has 3 heterocycles. The molecule has 6 nitrogen and oxygen atoms in total. The van der Waals surface area contributed by atoms with Crippen LogP contribution in [0.5, 0.6) is 0 Å². The number of carbonyl (C=O) groups is 1. The highest BCUT2D eigenvalue weighted by Crippen LogP contribution is 2.53. The minimum absolute atomic E-state index is 0.0418. The predicted octanol–water partition coefficient (Wildman–Crippen LogP) is 0.0993. The van der Waals surface area contributed by atoms with E-state index in [-0.39, 0.29) is 11.1 Å². The summed E-state index contributed by atoms with van der Waals surface area (Å²) in [5.41, 5.74) is 0.960. The monoisotopic (exact) mass is 195 g/mol. The lowest BCUT2D eigenvalue weighted by Crippen LogP contribution is -2.35. The number of aromatic nitrogens is 3. The number of anilines is 1. The first kappa shape index (κ1) is 6.96. The molecule has 2 aliphatic rings. The topological polar surface area (TPSA) is 82.1 Å². The Bertz CT molecular complexity index is 426. The molecule has 0 bridgehead atoms. The van der Waals surface area contributed by atoms with Crippen LogP contribution in [-0.4, -0.2) is 26.5 Å². The smallest absolute Gasteiger partial charge is 0.353 e. The first-order valence-corrected chi connectivity index (χ1v) is 4.39. The van der Waals surface area contributed by atoms with E-state index >= 15 is 0 Å². The average molecular weight is 195 g/mol. The van der Waals surface area contributed by atoms with Crippen LogP contribution >= 0.6 is 11.8 Å². The summed E-state index contributed by atoms with van der Waals surface area (Å²) >= 11 is 1.31. The number of aliphatic carboxylic acids is 1. The van der Waals surface area contributed by atoms with Crippen molar-refractivity contribution in [2.45, 2.75) is 5.37 Å². The van der Waals surface area contributed by atoms with Gasteiger partial charge in [-0.3, -0.25) is 4.90 Å². The van der Waals surface area contributed by atoms with Gasteiger partial charge >= 0.3 is 5.97 Å². The molecular formula is C6H3N4O2S. The van der Waals surface area contributed by atoms with Gasteiger partial charge in [0.1, 0.15) is 16.8 Å². The SMILES string of the molecule is O=C(O)C1=[C]SC2c3nn[nH]c3N12. The van der Waals surface area contributed by atoms with E-state index in [0.29, 0.717) is 5.82 Å². The number of carboxylic acid groups (broad SMARTS) is 1. The molecule has 1 atom stereocenters. The number of hydrogen-bond donors (Lipinski definition) is 2. The van der Waals surface area contributed by atoms with Crippen molar-refractivity contribution >= 4 is 23.5 Å². The number of fused-ring (bicyclic) bond motifs is 4. The summed E-state index contributed by atoms with van der Waals surface area (Å²) in [6.07, 6.45) is 0. The Morgan fingerprint density at radius 3 is 3.38 bits per heavy atom. The van der Waals surface area contributed by atoms with Gasteiger partial charge in [-0.15, -0.1) is 5.10 Å². The number of carboxylic acids is 1. The molecule has 0 aromatic carbocycles. The van der Waals surface area contributed by atoms with E-state index in [0.717, 1.165) is 5.69 Å². The third kappa shape index (κ3) is 0.676. The van der Waals surface area contributed by atoms with Gasteiger partial charge in [-0.1, -0.05) is 17.0 Å². The summed E-state index contributed by atoms with van der Waals surface area (Å²) in [6.45, 7) is 0. The predicted molar refractivity (Wildman–Crippen MR) is 43.6 cm³/mol. The quantitative estimate of drug-likeness (QED) is 0.661. The first-order valence-electron chi connectivity index (χ1n) is 3.51. The Kier molecular flexibility index (Phi) is 1.10. The molecule has 0 amide bonds. The lowest BCUT2D eigenvalue weighted by Gasteiger charge is -2.33. The Morgan fingerprint density at radius 1 is 1.77 bits per heavy atom. The molecule has 0 spiro atoms. The van der Waals surface area contributed by atoms with E-state index in [1.165, 1.54) is 11.8 Å². The van der Waals surface area contributed by atoms with Crippen LogP contribution < -0.4 is 4.90 Å². The van der Waals surface area contributed by atoms with Crippen molar-refractivity contribution in [1.29, 1.82) is 0 Å². The number of hydrogen-bond acceptors (Lipinski definition) is 5.